The van der Waals surface area contributed by atoms with Crippen LogP contribution in [0.2, 0.25) is 0 Å². The van der Waals surface area contributed by atoms with Crippen LogP contribution in [0.5, 0.6) is 0 Å². The van der Waals surface area contributed by atoms with E-state index in [0.29, 0.717) is 5.92 Å². The van der Waals surface area contributed by atoms with Crippen molar-refractivity contribution in [1.82, 2.24) is 0 Å². The van der Waals surface area contributed by atoms with Crippen molar-refractivity contribution in [3.63, 3.8) is 0 Å². The Hall–Kier alpha value is -0.800. The third-order valence-electron chi connectivity index (χ3n) is 2.43. The maximum absolute atomic E-state index is 11.8. The van der Waals surface area contributed by atoms with Gasteiger partial charge in [0.05, 0.1) is 6.21 Å². The van der Waals surface area contributed by atoms with Crippen molar-refractivity contribution in [2.75, 3.05) is 0 Å². The maximum Gasteiger partial charge on any atom is 0.144 e. The van der Waals surface area contributed by atoms with E-state index >= 15 is 0 Å². The van der Waals surface area contributed by atoms with Gasteiger partial charge in [-0.25, -0.2) is 0 Å². The molecule has 0 radical (unpaired) electrons. The topological polar surface area (TPSA) is 35.4 Å². The molecule has 2 nitrogen and oxygen atoms in total. The van der Waals surface area contributed by atoms with E-state index in [4.69, 9.17) is 0 Å². The van der Waals surface area contributed by atoms with Gasteiger partial charge in [0.1, 0.15) is 16.1 Å². The van der Waals surface area contributed by atoms with Gasteiger partial charge in [0.15, 0.2) is 0 Å². The minimum absolute atomic E-state index is 0.302. The molecule has 0 bridgehead atoms. The molecule has 1 atom stereocenters. The molecule has 0 N–H and O–H groups in total. The van der Waals surface area contributed by atoms with Crippen LogP contribution in [-0.4, -0.2) is 15.5 Å². The van der Waals surface area contributed by atoms with Crippen LogP contribution >= 0.6 is 0 Å². The first-order valence-electron chi connectivity index (χ1n) is 5.87. The molecule has 3 heteroatoms. The molecule has 0 amide bonds. The average Bonchev–Trinajstić information content (AvgIpc) is 2.24. The van der Waals surface area contributed by atoms with Crippen molar-refractivity contribution in [2.24, 2.45) is 4.40 Å². The predicted molar refractivity (Wildman–Crippen MR) is 76.0 cm³/mol. The largest absolute Gasteiger partial charge is 0.591 e. The highest BCUT2D eigenvalue weighted by Crippen LogP contribution is 2.20. The number of hydrogen-bond acceptors (Lipinski definition) is 2. The molecule has 0 saturated carbocycles. The quantitative estimate of drug-likeness (QED) is 0.596. The third kappa shape index (κ3) is 4.17. The molecule has 1 aromatic rings. The summed E-state index contributed by atoms with van der Waals surface area (Å²) in [5.41, 5.74) is 2.29. The van der Waals surface area contributed by atoms with Crippen LogP contribution in [-0.2, 0) is 11.4 Å². The lowest BCUT2D eigenvalue weighted by atomic mass is 9.98. The molecular formula is C14H21NOS. The van der Waals surface area contributed by atoms with Crippen molar-refractivity contribution >= 4 is 17.6 Å². The summed E-state index contributed by atoms with van der Waals surface area (Å²) in [4.78, 5) is 0. The summed E-state index contributed by atoms with van der Waals surface area (Å²) in [5.74, 6) is 0.445. The monoisotopic (exact) mass is 251 g/mol. The van der Waals surface area contributed by atoms with E-state index in [1.54, 1.807) is 6.21 Å². The Labute approximate surface area is 107 Å². The van der Waals surface area contributed by atoms with E-state index in [2.05, 4.69) is 24.3 Å². The van der Waals surface area contributed by atoms with Crippen LogP contribution in [0.25, 0.3) is 0 Å². The molecule has 94 valence electrons. The first-order chi connectivity index (χ1) is 7.82. The molecule has 0 aliphatic heterocycles. The van der Waals surface area contributed by atoms with Crippen LogP contribution in [0, 0.1) is 0 Å². The van der Waals surface area contributed by atoms with Gasteiger partial charge in [0.2, 0.25) is 0 Å². The van der Waals surface area contributed by atoms with Gasteiger partial charge >= 0.3 is 0 Å². The van der Waals surface area contributed by atoms with E-state index in [1.165, 1.54) is 5.56 Å². The summed E-state index contributed by atoms with van der Waals surface area (Å²) in [5, 5.41) is 0. The smallest absolute Gasteiger partial charge is 0.144 e. The van der Waals surface area contributed by atoms with Crippen LogP contribution in [0.15, 0.2) is 28.7 Å². The van der Waals surface area contributed by atoms with Gasteiger partial charge in [-0.15, -0.1) is 0 Å². The summed E-state index contributed by atoms with van der Waals surface area (Å²) in [6.45, 7) is 10.1. The Morgan fingerprint density at radius 2 is 1.82 bits per heavy atom. The molecular weight excluding hydrogens is 230 g/mol. The average molecular weight is 251 g/mol. The van der Waals surface area contributed by atoms with Crippen molar-refractivity contribution in [3.05, 3.63) is 35.4 Å². The zero-order valence-corrected chi connectivity index (χ0v) is 12.0. The van der Waals surface area contributed by atoms with Gasteiger partial charge in [0, 0.05) is 5.56 Å². The van der Waals surface area contributed by atoms with Gasteiger partial charge in [-0.3, -0.25) is 0 Å². The highest BCUT2D eigenvalue weighted by atomic mass is 32.2. The highest BCUT2D eigenvalue weighted by molar-refractivity contribution is 7.91. The van der Waals surface area contributed by atoms with Crippen LogP contribution in [0.4, 0.5) is 0 Å². The molecule has 1 unspecified atom stereocenters. The zero-order valence-electron chi connectivity index (χ0n) is 11.2. The van der Waals surface area contributed by atoms with Crippen molar-refractivity contribution in [3.8, 4) is 0 Å². The fourth-order valence-electron chi connectivity index (χ4n) is 1.42. The van der Waals surface area contributed by atoms with Crippen LogP contribution < -0.4 is 0 Å². The van der Waals surface area contributed by atoms with Crippen LogP contribution in [0.1, 0.15) is 51.7 Å². The van der Waals surface area contributed by atoms with Crippen LogP contribution in [0.3, 0.4) is 0 Å². The number of nitrogens with zero attached hydrogens (tertiary/aromatic N) is 1. The second kappa shape index (κ2) is 5.69. The standard InChI is InChI=1S/C14H21NOS/c1-11(2)13-9-7-6-8-12(13)10-15-17(16)14(3,4)5/h6-11H,1-5H3/b15-10+. The Bertz CT molecular complexity index is 393. The van der Waals surface area contributed by atoms with Gasteiger partial charge in [-0.2, -0.15) is 0 Å². The third-order valence-corrected chi connectivity index (χ3v) is 3.77. The molecule has 0 saturated heterocycles. The van der Waals surface area contributed by atoms with Crippen molar-refractivity contribution in [1.29, 1.82) is 0 Å². The first kappa shape index (κ1) is 14.3. The lowest BCUT2D eigenvalue weighted by Gasteiger charge is -2.18. The number of benzene rings is 1. The van der Waals surface area contributed by atoms with E-state index < -0.39 is 11.4 Å². The molecule has 0 aliphatic carbocycles. The summed E-state index contributed by atoms with van der Waals surface area (Å²) in [6.07, 6.45) is 1.73. The summed E-state index contributed by atoms with van der Waals surface area (Å²) in [6, 6.07) is 8.10. The van der Waals surface area contributed by atoms with Crippen molar-refractivity contribution < 1.29 is 4.55 Å². The van der Waals surface area contributed by atoms with Gasteiger partial charge in [-0.05, 0) is 32.3 Å². The fourth-order valence-corrected chi connectivity index (χ4v) is 1.94. The normalized spacial score (nSPS) is 14.5. The fraction of sp³-hybridized carbons (Fsp3) is 0.500. The molecule has 0 fully saturated rings. The van der Waals surface area contributed by atoms with Gasteiger partial charge < -0.3 is 4.55 Å². The molecule has 1 rings (SSSR count). The Morgan fingerprint density at radius 3 is 2.35 bits per heavy atom. The molecule has 0 spiro atoms. The summed E-state index contributed by atoms with van der Waals surface area (Å²) < 4.78 is 15.7. The highest BCUT2D eigenvalue weighted by Gasteiger charge is 2.25. The second-order valence-electron chi connectivity index (χ2n) is 5.38. The van der Waals surface area contributed by atoms with Crippen molar-refractivity contribution in [2.45, 2.75) is 45.3 Å². The van der Waals surface area contributed by atoms with E-state index in [0.717, 1.165) is 5.56 Å². The second-order valence-corrected chi connectivity index (χ2v) is 7.31. The lowest BCUT2D eigenvalue weighted by Crippen LogP contribution is -2.25. The first-order valence-corrected chi connectivity index (χ1v) is 6.98. The minimum atomic E-state index is -1.19. The Balaban J connectivity index is 2.92. The maximum atomic E-state index is 11.8. The molecule has 1 aromatic carbocycles. The van der Waals surface area contributed by atoms with E-state index in [-0.39, 0.29) is 4.75 Å². The molecule has 0 aromatic heterocycles. The Morgan fingerprint density at radius 1 is 1.24 bits per heavy atom. The molecule has 0 heterocycles. The van der Waals surface area contributed by atoms with Gasteiger partial charge in [-0.1, -0.05) is 42.5 Å². The van der Waals surface area contributed by atoms with E-state index in [1.807, 2.05) is 39.0 Å². The zero-order chi connectivity index (χ0) is 13.1. The molecule has 0 aliphatic rings. The van der Waals surface area contributed by atoms with Gasteiger partial charge in [0.25, 0.3) is 0 Å². The number of hydrogen-bond donors (Lipinski definition) is 0. The number of rotatable bonds is 3. The molecule has 17 heavy (non-hydrogen) atoms. The summed E-state index contributed by atoms with van der Waals surface area (Å²) >= 11 is -1.19. The minimum Gasteiger partial charge on any atom is -0.591 e. The lowest BCUT2D eigenvalue weighted by molar-refractivity contribution is 0.562. The Kier molecular flexibility index (Phi) is 4.78. The SMILES string of the molecule is CC(C)c1ccccc1/C=N/[S+]([O-])C(C)(C)C. The van der Waals surface area contributed by atoms with E-state index in [9.17, 15) is 4.55 Å². The summed E-state index contributed by atoms with van der Waals surface area (Å²) in [7, 11) is 0. The predicted octanol–water partition coefficient (Wildman–Crippen LogP) is 3.69.